The van der Waals surface area contributed by atoms with Crippen LogP contribution in [0.3, 0.4) is 0 Å². The van der Waals surface area contributed by atoms with E-state index in [2.05, 4.69) is 25.2 Å². The molecule has 0 saturated carbocycles. The van der Waals surface area contributed by atoms with Gasteiger partial charge in [0, 0.05) is 36.0 Å². The Balaban J connectivity index is 1.73. The molecule has 30 heavy (non-hydrogen) atoms. The van der Waals surface area contributed by atoms with Gasteiger partial charge in [-0.2, -0.15) is 13.2 Å². The van der Waals surface area contributed by atoms with Crippen molar-refractivity contribution < 1.29 is 32.6 Å². The van der Waals surface area contributed by atoms with Gasteiger partial charge in [0.2, 0.25) is 5.88 Å². The van der Waals surface area contributed by atoms with Crippen LogP contribution < -0.4 is 10.1 Å². The van der Waals surface area contributed by atoms with Crippen molar-refractivity contribution in [2.75, 3.05) is 19.8 Å². The Labute approximate surface area is 168 Å². The summed E-state index contributed by atoms with van der Waals surface area (Å²) in [6.45, 7) is 0.0232. The molecule has 2 aromatic rings. The Morgan fingerprint density at radius 1 is 1.37 bits per heavy atom. The summed E-state index contributed by atoms with van der Waals surface area (Å²) in [5.41, 5.74) is 1.57. The largest absolute Gasteiger partial charge is 0.467 e. The van der Waals surface area contributed by atoms with Gasteiger partial charge in [-0.15, -0.1) is 10.2 Å². The number of aryl methyl sites for hydroxylation is 1. The number of nitrogens with zero attached hydrogens (tertiary/aromatic N) is 4. The van der Waals surface area contributed by atoms with Crippen molar-refractivity contribution in [3.05, 3.63) is 46.4 Å². The van der Waals surface area contributed by atoms with Crippen molar-refractivity contribution in [1.82, 2.24) is 25.4 Å². The van der Waals surface area contributed by atoms with Crippen molar-refractivity contribution in [3.63, 3.8) is 0 Å². The van der Waals surface area contributed by atoms with E-state index in [1.807, 2.05) is 0 Å². The lowest BCUT2D eigenvalue weighted by Crippen LogP contribution is -2.28. The molecule has 0 aromatic carbocycles. The number of ether oxygens (including phenoxy) is 1. The zero-order valence-electron chi connectivity index (χ0n) is 15.9. The zero-order chi connectivity index (χ0) is 21.9. The van der Waals surface area contributed by atoms with Gasteiger partial charge in [-0.3, -0.25) is 14.6 Å². The molecule has 0 radical (unpaired) electrons. The summed E-state index contributed by atoms with van der Waals surface area (Å²) in [5, 5.41) is 18.8. The number of pyridine rings is 1. The minimum atomic E-state index is -4.49. The highest BCUT2D eigenvalue weighted by Crippen LogP contribution is 2.27. The van der Waals surface area contributed by atoms with Crippen molar-refractivity contribution in [2.45, 2.75) is 26.2 Å². The summed E-state index contributed by atoms with van der Waals surface area (Å²) in [6.07, 6.45) is -3.14. The van der Waals surface area contributed by atoms with E-state index < -0.39 is 18.7 Å². The Morgan fingerprint density at radius 2 is 2.13 bits per heavy atom. The van der Waals surface area contributed by atoms with Gasteiger partial charge in [0.05, 0.1) is 18.8 Å². The molecule has 0 fully saturated rings. The number of nitrogens with one attached hydrogen (secondary N) is 1. The van der Waals surface area contributed by atoms with Gasteiger partial charge in [0.1, 0.15) is 5.69 Å². The maximum Gasteiger partial charge on any atom is 0.422 e. The number of aliphatic hydroxyl groups is 1. The van der Waals surface area contributed by atoms with Crippen LogP contribution >= 0.6 is 0 Å². The molecule has 0 saturated heterocycles. The highest BCUT2D eigenvalue weighted by molar-refractivity contribution is 6.03. The second kappa shape index (κ2) is 8.61. The molecule has 0 spiro atoms. The molecule has 3 heterocycles. The SMILES string of the molecule is Cc1cc(CN2Cc3c(ccnc3C(=O)NCCO)C2=O)nnc1OCC(F)(F)F. The highest BCUT2D eigenvalue weighted by atomic mass is 19.4. The maximum atomic E-state index is 12.7. The fourth-order valence-corrected chi connectivity index (χ4v) is 2.96. The van der Waals surface area contributed by atoms with Crippen molar-refractivity contribution in [2.24, 2.45) is 0 Å². The average molecular weight is 425 g/mol. The molecule has 2 aromatic heterocycles. The molecule has 160 valence electrons. The molecular weight excluding hydrogens is 407 g/mol. The number of aromatic nitrogens is 3. The fourth-order valence-electron chi connectivity index (χ4n) is 2.96. The summed E-state index contributed by atoms with van der Waals surface area (Å²) in [6, 6.07) is 2.99. The number of alkyl halides is 3. The molecule has 3 rings (SSSR count). The third-order valence-electron chi connectivity index (χ3n) is 4.25. The third-order valence-corrected chi connectivity index (χ3v) is 4.25. The first kappa shape index (κ1) is 21.4. The van der Waals surface area contributed by atoms with E-state index in [0.29, 0.717) is 22.4 Å². The van der Waals surface area contributed by atoms with Gasteiger partial charge in [0.25, 0.3) is 11.8 Å². The predicted molar refractivity (Wildman–Crippen MR) is 95.6 cm³/mol. The quantitative estimate of drug-likeness (QED) is 0.680. The Hall–Kier alpha value is -3.28. The molecule has 0 unspecified atom stereocenters. The Bertz CT molecular complexity index is 967. The van der Waals surface area contributed by atoms with Gasteiger partial charge < -0.3 is 20.1 Å². The number of aliphatic hydroxyl groups excluding tert-OH is 1. The fraction of sp³-hybridized carbons (Fsp3) is 0.389. The first-order chi connectivity index (χ1) is 14.2. The number of hydrogen-bond acceptors (Lipinski definition) is 7. The lowest BCUT2D eigenvalue weighted by molar-refractivity contribution is -0.154. The summed E-state index contributed by atoms with van der Waals surface area (Å²) < 4.78 is 41.5. The summed E-state index contributed by atoms with van der Waals surface area (Å²) in [7, 11) is 0. The maximum absolute atomic E-state index is 12.7. The lowest BCUT2D eigenvalue weighted by atomic mass is 10.1. The standard InChI is InChI=1S/C18H18F3N5O4/c1-10-6-11(24-25-16(10)30-9-18(19,20)21)7-26-8-13-12(17(26)29)2-3-22-14(13)15(28)23-4-5-27/h2-3,6,27H,4-5,7-9H2,1H3,(H,23,28). The second-order valence-electron chi connectivity index (χ2n) is 6.55. The van der Waals surface area contributed by atoms with E-state index >= 15 is 0 Å². The van der Waals surface area contributed by atoms with Gasteiger partial charge in [0.15, 0.2) is 6.61 Å². The number of carbonyl (C=O) groups excluding carboxylic acids is 2. The molecule has 0 atom stereocenters. The minimum Gasteiger partial charge on any atom is -0.467 e. The van der Waals surface area contributed by atoms with Crippen LogP contribution in [0.4, 0.5) is 13.2 Å². The van der Waals surface area contributed by atoms with Crippen molar-refractivity contribution >= 4 is 11.8 Å². The molecule has 2 amide bonds. The monoisotopic (exact) mass is 425 g/mol. The molecule has 12 heteroatoms. The van der Waals surface area contributed by atoms with E-state index in [1.54, 1.807) is 0 Å². The Kier molecular flexibility index (Phi) is 6.15. The normalized spacial score (nSPS) is 13.4. The van der Waals surface area contributed by atoms with Crippen LogP contribution in [-0.2, 0) is 13.1 Å². The highest BCUT2D eigenvalue weighted by Gasteiger charge is 2.32. The number of fused-ring (bicyclic) bond motifs is 1. The number of carbonyl (C=O) groups is 2. The first-order valence-electron chi connectivity index (χ1n) is 8.88. The molecule has 0 aliphatic carbocycles. The van der Waals surface area contributed by atoms with E-state index in [9.17, 15) is 22.8 Å². The smallest absolute Gasteiger partial charge is 0.422 e. The third kappa shape index (κ3) is 4.82. The molecule has 1 aliphatic rings. The van der Waals surface area contributed by atoms with E-state index in [0.717, 1.165) is 0 Å². The van der Waals surface area contributed by atoms with E-state index in [4.69, 9.17) is 5.11 Å². The van der Waals surface area contributed by atoms with Crippen LogP contribution in [-0.4, -0.2) is 62.9 Å². The van der Waals surface area contributed by atoms with Crippen LogP contribution in [0.1, 0.15) is 37.7 Å². The molecular formula is C18H18F3N5O4. The van der Waals surface area contributed by atoms with Crippen molar-refractivity contribution in [3.8, 4) is 5.88 Å². The number of hydrogen-bond donors (Lipinski definition) is 2. The number of amides is 2. The van der Waals surface area contributed by atoms with Gasteiger partial charge in [-0.1, -0.05) is 0 Å². The minimum absolute atomic E-state index is 0.0403. The van der Waals surface area contributed by atoms with Crippen LogP contribution in [0.5, 0.6) is 5.88 Å². The Morgan fingerprint density at radius 3 is 2.80 bits per heavy atom. The van der Waals surface area contributed by atoms with Crippen molar-refractivity contribution in [1.29, 1.82) is 0 Å². The van der Waals surface area contributed by atoms with Gasteiger partial charge in [-0.05, 0) is 19.1 Å². The second-order valence-corrected chi connectivity index (χ2v) is 6.55. The summed E-state index contributed by atoms with van der Waals surface area (Å²) >= 11 is 0. The van der Waals surface area contributed by atoms with Gasteiger partial charge in [-0.25, -0.2) is 0 Å². The first-order valence-corrected chi connectivity index (χ1v) is 8.88. The van der Waals surface area contributed by atoms with E-state index in [1.165, 1.54) is 30.2 Å². The molecule has 1 aliphatic heterocycles. The van der Waals surface area contributed by atoms with Crippen LogP contribution in [0, 0.1) is 6.92 Å². The van der Waals surface area contributed by atoms with Crippen LogP contribution in [0.25, 0.3) is 0 Å². The predicted octanol–water partition coefficient (Wildman–Crippen LogP) is 0.999. The topological polar surface area (TPSA) is 118 Å². The number of rotatable bonds is 7. The summed E-state index contributed by atoms with van der Waals surface area (Å²) in [4.78, 5) is 30.4. The van der Waals surface area contributed by atoms with E-state index in [-0.39, 0.29) is 43.7 Å². The molecule has 0 bridgehead atoms. The molecule has 9 nitrogen and oxygen atoms in total. The lowest BCUT2D eigenvalue weighted by Gasteiger charge is -2.16. The van der Waals surface area contributed by atoms with Gasteiger partial charge >= 0.3 is 6.18 Å². The molecule has 2 N–H and O–H groups in total. The van der Waals surface area contributed by atoms with Crippen LogP contribution in [0.15, 0.2) is 18.3 Å². The summed E-state index contributed by atoms with van der Waals surface area (Å²) in [5.74, 6) is -1.07. The zero-order valence-corrected chi connectivity index (χ0v) is 15.9. The van der Waals surface area contributed by atoms with Crippen LogP contribution in [0.2, 0.25) is 0 Å². The number of halogens is 3. The average Bonchev–Trinajstić information content (AvgIpc) is 3.00.